The number of para-hydroxylation sites is 1. The standard InChI is InChI=1S/C20H24N4/c1-3-14-18(24-11-10-22-12-13(24)2)9-8-17-19(14)20(21)15-6-4-5-7-16(15)23-17/h4-9,13,22H,3,10-12H2,1-2H3,(H2,21,23). The lowest BCUT2D eigenvalue weighted by Crippen LogP contribution is -2.50. The van der Waals surface area contributed by atoms with Crippen LogP contribution in [-0.2, 0) is 6.42 Å². The molecule has 2 aromatic carbocycles. The highest BCUT2D eigenvalue weighted by Crippen LogP contribution is 2.36. The van der Waals surface area contributed by atoms with E-state index in [4.69, 9.17) is 10.7 Å². The lowest BCUT2D eigenvalue weighted by molar-refractivity contribution is 0.500. The van der Waals surface area contributed by atoms with E-state index in [2.05, 4.69) is 42.3 Å². The largest absolute Gasteiger partial charge is 0.398 e. The molecule has 1 fully saturated rings. The second-order valence-electron chi connectivity index (χ2n) is 6.60. The summed E-state index contributed by atoms with van der Waals surface area (Å²) in [4.78, 5) is 7.34. The highest BCUT2D eigenvalue weighted by Gasteiger charge is 2.22. The molecule has 3 aromatic rings. The zero-order valence-corrected chi connectivity index (χ0v) is 14.3. The molecule has 0 amide bonds. The molecule has 1 atom stereocenters. The Bertz CT molecular complexity index is 903. The van der Waals surface area contributed by atoms with Crippen molar-refractivity contribution in [1.29, 1.82) is 0 Å². The summed E-state index contributed by atoms with van der Waals surface area (Å²) in [5.41, 5.74) is 12.0. The van der Waals surface area contributed by atoms with Crippen LogP contribution in [-0.4, -0.2) is 30.7 Å². The van der Waals surface area contributed by atoms with Crippen molar-refractivity contribution in [2.75, 3.05) is 30.3 Å². The molecule has 0 aliphatic carbocycles. The number of hydrogen-bond acceptors (Lipinski definition) is 4. The summed E-state index contributed by atoms with van der Waals surface area (Å²) in [5, 5.41) is 5.64. The van der Waals surface area contributed by atoms with E-state index in [0.717, 1.165) is 53.5 Å². The van der Waals surface area contributed by atoms with Gasteiger partial charge in [0.25, 0.3) is 0 Å². The summed E-state index contributed by atoms with van der Waals surface area (Å²) in [6.07, 6.45) is 0.952. The summed E-state index contributed by atoms with van der Waals surface area (Å²) < 4.78 is 0. The number of nitrogens with one attached hydrogen (secondary N) is 1. The number of nitrogens with zero attached hydrogens (tertiary/aromatic N) is 2. The fourth-order valence-corrected chi connectivity index (χ4v) is 3.91. The Hall–Kier alpha value is -2.33. The Labute approximate surface area is 142 Å². The molecule has 0 saturated carbocycles. The average Bonchev–Trinajstić information content (AvgIpc) is 2.61. The van der Waals surface area contributed by atoms with Crippen molar-refractivity contribution in [3.05, 3.63) is 42.0 Å². The summed E-state index contributed by atoms with van der Waals surface area (Å²) in [6.45, 7) is 7.56. The predicted octanol–water partition coefficient (Wildman–Crippen LogP) is 3.33. The molecule has 4 rings (SSSR count). The molecule has 0 spiro atoms. The van der Waals surface area contributed by atoms with Gasteiger partial charge in [0.15, 0.2) is 0 Å². The number of aryl methyl sites for hydroxylation is 1. The third kappa shape index (κ3) is 2.29. The van der Waals surface area contributed by atoms with E-state index in [-0.39, 0.29) is 0 Å². The normalized spacial score (nSPS) is 18.4. The molecule has 1 aromatic heterocycles. The number of hydrogen-bond donors (Lipinski definition) is 2. The molecule has 4 heteroatoms. The highest BCUT2D eigenvalue weighted by molar-refractivity contribution is 6.09. The van der Waals surface area contributed by atoms with Crippen molar-refractivity contribution < 1.29 is 0 Å². The quantitative estimate of drug-likeness (QED) is 0.711. The number of fused-ring (bicyclic) bond motifs is 2. The Balaban J connectivity index is 2.00. The van der Waals surface area contributed by atoms with Crippen LogP contribution in [0.3, 0.4) is 0 Å². The average molecular weight is 320 g/mol. The molecule has 24 heavy (non-hydrogen) atoms. The van der Waals surface area contributed by atoms with Gasteiger partial charge < -0.3 is 16.0 Å². The first-order valence-electron chi connectivity index (χ1n) is 8.78. The third-order valence-electron chi connectivity index (χ3n) is 5.13. The maximum Gasteiger partial charge on any atom is 0.0734 e. The fraction of sp³-hybridized carbons (Fsp3) is 0.350. The van der Waals surface area contributed by atoms with E-state index in [1.807, 2.05) is 18.2 Å². The van der Waals surface area contributed by atoms with Gasteiger partial charge in [0.2, 0.25) is 0 Å². The second-order valence-corrected chi connectivity index (χ2v) is 6.60. The Morgan fingerprint density at radius 3 is 2.83 bits per heavy atom. The van der Waals surface area contributed by atoms with Gasteiger partial charge in [-0.15, -0.1) is 0 Å². The molecule has 1 aliphatic heterocycles. The van der Waals surface area contributed by atoms with E-state index < -0.39 is 0 Å². The molecule has 3 N–H and O–H groups in total. The summed E-state index contributed by atoms with van der Waals surface area (Å²) >= 11 is 0. The van der Waals surface area contributed by atoms with Gasteiger partial charge in [-0.1, -0.05) is 25.1 Å². The maximum absolute atomic E-state index is 6.59. The van der Waals surface area contributed by atoms with E-state index >= 15 is 0 Å². The summed E-state index contributed by atoms with van der Waals surface area (Å²) in [6, 6.07) is 13.0. The zero-order valence-electron chi connectivity index (χ0n) is 14.3. The minimum absolute atomic E-state index is 0.483. The van der Waals surface area contributed by atoms with Crippen LogP contribution in [0.4, 0.5) is 11.4 Å². The van der Waals surface area contributed by atoms with Gasteiger partial charge in [-0.05, 0) is 37.1 Å². The number of pyridine rings is 1. The highest BCUT2D eigenvalue weighted by atomic mass is 15.2. The SMILES string of the molecule is CCc1c(N2CCNCC2C)ccc2nc3ccccc3c(N)c12. The van der Waals surface area contributed by atoms with Gasteiger partial charge in [0.1, 0.15) is 0 Å². The maximum atomic E-state index is 6.59. The lowest BCUT2D eigenvalue weighted by Gasteiger charge is -2.37. The van der Waals surface area contributed by atoms with Crippen molar-refractivity contribution in [2.24, 2.45) is 0 Å². The third-order valence-corrected chi connectivity index (χ3v) is 5.13. The van der Waals surface area contributed by atoms with E-state index in [1.54, 1.807) is 0 Å². The van der Waals surface area contributed by atoms with Gasteiger partial charge in [-0.25, -0.2) is 4.98 Å². The monoisotopic (exact) mass is 320 g/mol. The first-order valence-corrected chi connectivity index (χ1v) is 8.78. The first kappa shape index (κ1) is 15.2. The Kier molecular flexibility index (Phi) is 3.77. The van der Waals surface area contributed by atoms with Gasteiger partial charge in [-0.3, -0.25) is 0 Å². The number of piperazine rings is 1. The molecular formula is C20H24N4. The topological polar surface area (TPSA) is 54.2 Å². The lowest BCUT2D eigenvalue weighted by atomic mass is 9.98. The smallest absolute Gasteiger partial charge is 0.0734 e. The number of rotatable bonds is 2. The van der Waals surface area contributed by atoms with Crippen molar-refractivity contribution in [3.63, 3.8) is 0 Å². The molecule has 4 nitrogen and oxygen atoms in total. The minimum atomic E-state index is 0.483. The van der Waals surface area contributed by atoms with Crippen LogP contribution in [0.15, 0.2) is 36.4 Å². The number of nitrogens with two attached hydrogens (primary N) is 1. The molecule has 1 unspecified atom stereocenters. The van der Waals surface area contributed by atoms with Crippen LogP contribution in [0.5, 0.6) is 0 Å². The molecule has 0 radical (unpaired) electrons. The second kappa shape index (κ2) is 5.95. The van der Waals surface area contributed by atoms with Crippen LogP contribution in [0, 0.1) is 0 Å². The van der Waals surface area contributed by atoms with Crippen molar-refractivity contribution >= 4 is 33.2 Å². The van der Waals surface area contributed by atoms with Gasteiger partial charge >= 0.3 is 0 Å². The summed E-state index contributed by atoms with van der Waals surface area (Å²) in [7, 11) is 0. The first-order chi connectivity index (χ1) is 11.7. The molecule has 124 valence electrons. The predicted molar refractivity (Wildman–Crippen MR) is 103 cm³/mol. The van der Waals surface area contributed by atoms with E-state index in [1.165, 1.54) is 11.3 Å². The number of nitrogen functional groups attached to an aromatic ring is 1. The van der Waals surface area contributed by atoms with Crippen LogP contribution < -0.4 is 16.0 Å². The molecule has 1 aliphatic rings. The van der Waals surface area contributed by atoms with Gasteiger partial charge in [0, 0.05) is 42.1 Å². The zero-order chi connectivity index (χ0) is 16.7. The minimum Gasteiger partial charge on any atom is -0.398 e. The van der Waals surface area contributed by atoms with Crippen LogP contribution >= 0.6 is 0 Å². The van der Waals surface area contributed by atoms with E-state index in [0.29, 0.717) is 6.04 Å². The Morgan fingerprint density at radius 1 is 1.21 bits per heavy atom. The van der Waals surface area contributed by atoms with Crippen LogP contribution in [0.2, 0.25) is 0 Å². The van der Waals surface area contributed by atoms with Crippen molar-refractivity contribution in [1.82, 2.24) is 10.3 Å². The van der Waals surface area contributed by atoms with Crippen molar-refractivity contribution in [2.45, 2.75) is 26.3 Å². The number of benzene rings is 2. The van der Waals surface area contributed by atoms with Crippen molar-refractivity contribution in [3.8, 4) is 0 Å². The molecule has 1 saturated heterocycles. The fourth-order valence-electron chi connectivity index (χ4n) is 3.91. The van der Waals surface area contributed by atoms with Crippen LogP contribution in [0.1, 0.15) is 19.4 Å². The number of aromatic nitrogens is 1. The number of anilines is 2. The molecule has 0 bridgehead atoms. The van der Waals surface area contributed by atoms with E-state index in [9.17, 15) is 0 Å². The van der Waals surface area contributed by atoms with Crippen LogP contribution in [0.25, 0.3) is 21.8 Å². The van der Waals surface area contributed by atoms with Gasteiger partial charge in [-0.2, -0.15) is 0 Å². The summed E-state index contributed by atoms with van der Waals surface area (Å²) in [5.74, 6) is 0. The van der Waals surface area contributed by atoms with Gasteiger partial charge in [0.05, 0.1) is 16.7 Å². The Morgan fingerprint density at radius 2 is 2.04 bits per heavy atom. The molecular weight excluding hydrogens is 296 g/mol. The molecule has 2 heterocycles.